The first-order valence-electron chi connectivity index (χ1n) is 9.50. The van der Waals surface area contributed by atoms with Gasteiger partial charge in [0, 0.05) is 23.6 Å². The Hall–Kier alpha value is -2.55. The van der Waals surface area contributed by atoms with Crippen molar-refractivity contribution in [1.82, 2.24) is 9.88 Å². The molecule has 26 heavy (non-hydrogen) atoms. The summed E-state index contributed by atoms with van der Waals surface area (Å²) in [6.45, 7) is 5.08. The highest BCUT2D eigenvalue weighted by Crippen LogP contribution is 2.33. The monoisotopic (exact) mass is 346 g/mol. The average molecular weight is 346 g/mol. The van der Waals surface area contributed by atoms with Crippen LogP contribution >= 0.6 is 0 Å². The summed E-state index contributed by atoms with van der Waals surface area (Å²) in [5.74, 6) is 0.866. The molecular formula is C23H26N2O. The van der Waals surface area contributed by atoms with Crippen LogP contribution in [0.2, 0.25) is 0 Å². The van der Waals surface area contributed by atoms with Crippen molar-refractivity contribution < 1.29 is 4.79 Å². The average Bonchev–Trinajstić information content (AvgIpc) is 3.40. The van der Waals surface area contributed by atoms with Crippen molar-refractivity contribution in [2.45, 2.75) is 45.2 Å². The number of hydrogen-bond acceptors (Lipinski definition) is 1. The topological polar surface area (TPSA) is 34.0 Å². The van der Waals surface area contributed by atoms with E-state index in [2.05, 4.69) is 28.1 Å². The smallest absolute Gasteiger partial charge is 0.254 e. The lowest BCUT2D eigenvalue weighted by Crippen LogP contribution is -2.40. The molecule has 0 spiro atoms. The Bertz CT molecular complexity index is 920. The van der Waals surface area contributed by atoms with Crippen LogP contribution in [0.15, 0.2) is 60.8 Å². The second-order valence-corrected chi connectivity index (χ2v) is 7.93. The summed E-state index contributed by atoms with van der Waals surface area (Å²) >= 11 is 0. The van der Waals surface area contributed by atoms with Crippen molar-refractivity contribution in [2.24, 2.45) is 5.92 Å². The summed E-state index contributed by atoms with van der Waals surface area (Å²) in [5.41, 5.74) is 2.59. The summed E-state index contributed by atoms with van der Waals surface area (Å²) in [5, 5.41) is 4.25. The van der Waals surface area contributed by atoms with E-state index in [1.807, 2.05) is 56.4 Å². The van der Waals surface area contributed by atoms with Gasteiger partial charge in [0.25, 0.3) is 5.91 Å². The van der Waals surface area contributed by atoms with Crippen molar-refractivity contribution in [1.29, 1.82) is 0 Å². The van der Waals surface area contributed by atoms with E-state index >= 15 is 0 Å². The zero-order valence-electron chi connectivity index (χ0n) is 15.5. The number of fused-ring (bicyclic) bond motifs is 1. The molecule has 0 atom stereocenters. The van der Waals surface area contributed by atoms with Crippen LogP contribution in [0.25, 0.3) is 10.9 Å². The quantitative estimate of drug-likeness (QED) is 0.661. The number of benzene rings is 2. The molecule has 0 saturated heterocycles. The van der Waals surface area contributed by atoms with Gasteiger partial charge in [-0.25, -0.2) is 0 Å². The largest absolute Gasteiger partial charge is 0.347 e. The molecule has 1 fully saturated rings. The van der Waals surface area contributed by atoms with Gasteiger partial charge in [0.1, 0.15) is 0 Å². The summed E-state index contributed by atoms with van der Waals surface area (Å²) in [6, 6.07) is 18.3. The fraction of sp³-hybridized carbons (Fsp3) is 0.348. The molecule has 1 aliphatic carbocycles. The van der Waals surface area contributed by atoms with E-state index in [0.717, 1.165) is 34.5 Å². The molecule has 1 amide bonds. The zero-order chi connectivity index (χ0) is 18.1. The first kappa shape index (κ1) is 16.9. The number of carbonyl (C=O) groups excluding carboxylic acids is 1. The Morgan fingerprint density at radius 3 is 2.50 bits per heavy atom. The highest BCUT2D eigenvalue weighted by molar-refractivity contribution is 6.07. The second-order valence-electron chi connectivity index (χ2n) is 7.93. The summed E-state index contributed by atoms with van der Waals surface area (Å²) in [7, 11) is 0. The van der Waals surface area contributed by atoms with Crippen LogP contribution in [-0.4, -0.2) is 10.5 Å². The van der Waals surface area contributed by atoms with E-state index in [0.29, 0.717) is 0 Å². The predicted molar refractivity (Wildman–Crippen MR) is 106 cm³/mol. The van der Waals surface area contributed by atoms with E-state index in [1.165, 1.54) is 19.3 Å². The molecule has 3 heteroatoms. The van der Waals surface area contributed by atoms with E-state index < -0.39 is 5.54 Å². The fourth-order valence-corrected chi connectivity index (χ4v) is 3.62. The van der Waals surface area contributed by atoms with E-state index in [1.54, 1.807) is 0 Å². The maximum absolute atomic E-state index is 13.1. The first-order valence-corrected chi connectivity index (χ1v) is 9.50. The molecule has 0 bridgehead atoms. The normalized spacial score (nSPS) is 14.5. The number of nitrogens with zero attached hydrogens (tertiary/aromatic N) is 1. The van der Waals surface area contributed by atoms with E-state index in [4.69, 9.17) is 0 Å². The van der Waals surface area contributed by atoms with Gasteiger partial charge in [-0.2, -0.15) is 0 Å². The molecule has 134 valence electrons. The maximum atomic E-state index is 13.1. The number of amides is 1. The number of aromatic nitrogens is 1. The van der Waals surface area contributed by atoms with Crippen molar-refractivity contribution >= 4 is 16.8 Å². The van der Waals surface area contributed by atoms with Gasteiger partial charge in [0.15, 0.2) is 0 Å². The van der Waals surface area contributed by atoms with E-state index in [9.17, 15) is 4.79 Å². The standard InChI is InChI=1S/C23H26N2O/c1-23(2,18-8-4-3-5-9-18)24-22(26)20-16-25(15-14-17-12-13-17)21-11-7-6-10-19(20)21/h3-11,16-17H,12-15H2,1-2H3,(H,24,26). The van der Waals surface area contributed by atoms with Crippen molar-refractivity contribution in [3.63, 3.8) is 0 Å². The van der Waals surface area contributed by atoms with Gasteiger partial charge in [-0.3, -0.25) is 4.79 Å². The number of carbonyl (C=O) groups is 1. The van der Waals surface area contributed by atoms with Crippen LogP contribution in [0.1, 0.15) is 49.0 Å². The first-order chi connectivity index (χ1) is 12.5. The van der Waals surface area contributed by atoms with Crippen LogP contribution in [0.3, 0.4) is 0 Å². The molecule has 0 aliphatic heterocycles. The highest BCUT2D eigenvalue weighted by atomic mass is 16.1. The summed E-state index contributed by atoms with van der Waals surface area (Å²) < 4.78 is 2.25. The van der Waals surface area contributed by atoms with Crippen molar-refractivity contribution in [2.75, 3.05) is 0 Å². The molecule has 1 heterocycles. The van der Waals surface area contributed by atoms with Crippen LogP contribution in [0.4, 0.5) is 0 Å². The Kier molecular flexibility index (Phi) is 4.31. The molecule has 0 unspecified atom stereocenters. The van der Waals surface area contributed by atoms with Gasteiger partial charge >= 0.3 is 0 Å². The number of nitrogens with one attached hydrogen (secondary N) is 1. The molecule has 3 nitrogen and oxygen atoms in total. The molecule has 1 aromatic heterocycles. The Morgan fingerprint density at radius 1 is 1.08 bits per heavy atom. The molecule has 1 saturated carbocycles. The molecular weight excluding hydrogens is 320 g/mol. The number of aryl methyl sites for hydroxylation is 1. The third kappa shape index (κ3) is 3.39. The number of para-hydroxylation sites is 1. The zero-order valence-corrected chi connectivity index (χ0v) is 15.5. The fourth-order valence-electron chi connectivity index (χ4n) is 3.62. The lowest BCUT2D eigenvalue weighted by molar-refractivity contribution is 0.0913. The summed E-state index contributed by atoms with van der Waals surface area (Å²) in [6.07, 6.45) is 5.95. The van der Waals surface area contributed by atoms with Gasteiger partial charge < -0.3 is 9.88 Å². The minimum atomic E-state index is -0.421. The van der Waals surface area contributed by atoms with Crippen LogP contribution in [-0.2, 0) is 12.1 Å². The Morgan fingerprint density at radius 2 is 1.77 bits per heavy atom. The van der Waals surface area contributed by atoms with Crippen LogP contribution in [0.5, 0.6) is 0 Å². The van der Waals surface area contributed by atoms with Crippen molar-refractivity contribution in [3.05, 3.63) is 71.9 Å². The third-order valence-corrected chi connectivity index (χ3v) is 5.43. The SMILES string of the molecule is CC(C)(NC(=O)c1cn(CCC2CC2)c2ccccc12)c1ccccc1. The van der Waals surface area contributed by atoms with Gasteiger partial charge in [-0.05, 0) is 37.8 Å². The predicted octanol–water partition coefficient (Wildman–Crippen LogP) is 5.11. The lowest BCUT2D eigenvalue weighted by Gasteiger charge is -2.26. The molecule has 1 N–H and O–H groups in total. The van der Waals surface area contributed by atoms with Crippen LogP contribution < -0.4 is 5.32 Å². The highest BCUT2D eigenvalue weighted by Gasteiger charge is 2.26. The minimum absolute atomic E-state index is 0.0137. The lowest BCUT2D eigenvalue weighted by atomic mass is 9.94. The molecule has 0 radical (unpaired) electrons. The van der Waals surface area contributed by atoms with E-state index in [-0.39, 0.29) is 5.91 Å². The minimum Gasteiger partial charge on any atom is -0.347 e. The van der Waals surface area contributed by atoms with Crippen LogP contribution in [0, 0.1) is 5.92 Å². The number of hydrogen-bond donors (Lipinski definition) is 1. The van der Waals surface area contributed by atoms with Gasteiger partial charge in [0.05, 0.1) is 11.1 Å². The Labute approximate surface area is 155 Å². The maximum Gasteiger partial charge on any atom is 0.254 e. The van der Waals surface area contributed by atoms with Gasteiger partial charge in [-0.1, -0.05) is 61.4 Å². The number of rotatable bonds is 6. The van der Waals surface area contributed by atoms with Crippen molar-refractivity contribution in [3.8, 4) is 0 Å². The molecule has 4 rings (SSSR count). The summed E-state index contributed by atoms with van der Waals surface area (Å²) in [4.78, 5) is 13.1. The third-order valence-electron chi connectivity index (χ3n) is 5.43. The molecule has 3 aromatic rings. The molecule has 1 aliphatic rings. The second kappa shape index (κ2) is 6.64. The van der Waals surface area contributed by atoms with Gasteiger partial charge in [0.2, 0.25) is 0 Å². The Balaban J connectivity index is 1.62. The van der Waals surface area contributed by atoms with Gasteiger partial charge in [-0.15, -0.1) is 0 Å². The molecule has 2 aromatic carbocycles.